The highest BCUT2D eigenvalue weighted by molar-refractivity contribution is 7.92. The molecule has 0 bridgehead atoms. The van der Waals surface area contributed by atoms with Crippen LogP contribution in [-0.2, 0) is 14.8 Å². The monoisotopic (exact) mass is 366 g/mol. The topological polar surface area (TPSA) is 57.7 Å². The molecule has 1 aromatic rings. The molecule has 0 spiro atoms. The van der Waals surface area contributed by atoms with E-state index < -0.39 is 16.1 Å². The maximum Gasteiger partial charge on any atom is 0.246 e. The van der Waals surface area contributed by atoms with E-state index in [1.807, 2.05) is 32.0 Å². The fourth-order valence-electron chi connectivity index (χ4n) is 3.82. The van der Waals surface area contributed by atoms with Gasteiger partial charge in [0.25, 0.3) is 0 Å². The lowest BCUT2D eigenvalue weighted by Gasteiger charge is -2.36. The highest BCUT2D eigenvalue weighted by Gasteiger charge is 2.33. The lowest BCUT2D eigenvalue weighted by molar-refractivity contribution is -0.133. The van der Waals surface area contributed by atoms with Gasteiger partial charge in [-0.3, -0.25) is 9.10 Å². The van der Waals surface area contributed by atoms with E-state index in [2.05, 4.69) is 0 Å². The Labute approximate surface area is 152 Å². The number of amides is 1. The molecule has 0 N–H and O–H groups in total. The molecule has 25 heavy (non-hydrogen) atoms. The highest BCUT2D eigenvalue weighted by atomic mass is 32.2. The average Bonchev–Trinajstić information content (AvgIpc) is 2.52. The van der Waals surface area contributed by atoms with Crippen LogP contribution in [0, 0.1) is 13.8 Å². The first-order valence-electron chi connectivity index (χ1n) is 8.95. The van der Waals surface area contributed by atoms with E-state index in [0.29, 0.717) is 5.69 Å². The van der Waals surface area contributed by atoms with E-state index in [1.54, 1.807) is 18.9 Å². The van der Waals surface area contributed by atoms with Gasteiger partial charge in [-0.25, -0.2) is 8.42 Å². The minimum Gasteiger partial charge on any atom is -0.341 e. The van der Waals surface area contributed by atoms with Crippen LogP contribution in [0.1, 0.15) is 50.2 Å². The van der Waals surface area contributed by atoms with Crippen molar-refractivity contribution in [3.05, 3.63) is 29.3 Å². The molecule has 0 heterocycles. The van der Waals surface area contributed by atoms with E-state index >= 15 is 0 Å². The lowest BCUT2D eigenvalue weighted by atomic mass is 9.94. The number of benzene rings is 1. The summed E-state index contributed by atoms with van der Waals surface area (Å²) in [5.74, 6) is -0.142. The Morgan fingerprint density at radius 2 is 1.60 bits per heavy atom. The van der Waals surface area contributed by atoms with Crippen LogP contribution >= 0.6 is 0 Å². The van der Waals surface area contributed by atoms with Gasteiger partial charge in [0.2, 0.25) is 15.9 Å². The van der Waals surface area contributed by atoms with Crippen molar-refractivity contribution in [3.8, 4) is 0 Å². The summed E-state index contributed by atoms with van der Waals surface area (Å²) in [7, 11) is -1.77. The first-order valence-corrected chi connectivity index (χ1v) is 10.8. The van der Waals surface area contributed by atoms with Crippen molar-refractivity contribution in [2.45, 2.75) is 65.0 Å². The van der Waals surface area contributed by atoms with Gasteiger partial charge in [-0.2, -0.15) is 0 Å². The zero-order valence-electron chi connectivity index (χ0n) is 15.9. The molecule has 1 aliphatic carbocycles. The Morgan fingerprint density at radius 1 is 1.08 bits per heavy atom. The number of likely N-dealkylation sites (N-methyl/N-ethyl adjacent to an activating group) is 1. The molecule has 5 nitrogen and oxygen atoms in total. The minimum absolute atomic E-state index is 0.142. The summed E-state index contributed by atoms with van der Waals surface area (Å²) in [4.78, 5) is 14.7. The van der Waals surface area contributed by atoms with Crippen LogP contribution in [0.25, 0.3) is 0 Å². The Balaban J connectivity index is 2.32. The van der Waals surface area contributed by atoms with Crippen LogP contribution in [-0.4, -0.2) is 44.6 Å². The molecular formula is C19H30N2O3S. The molecule has 0 radical (unpaired) electrons. The minimum atomic E-state index is -3.57. The smallest absolute Gasteiger partial charge is 0.246 e. The average molecular weight is 367 g/mol. The molecule has 0 aromatic heterocycles. The van der Waals surface area contributed by atoms with Crippen molar-refractivity contribution >= 4 is 21.6 Å². The lowest BCUT2D eigenvalue weighted by Crippen LogP contribution is -2.51. The molecular weight excluding hydrogens is 336 g/mol. The summed E-state index contributed by atoms with van der Waals surface area (Å²) in [6.45, 7) is 5.54. The standard InChI is InChI=1S/C19H30N2O3S/c1-14-11-15(2)13-18(12-14)21(25(5,23)24)16(3)19(22)20(4)17-9-7-6-8-10-17/h11-13,16-17H,6-10H2,1-5H3/t16-/m0/s1. The van der Waals surface area contributed by atoms with E-state index in [0.717, 1.165) is 43.1 Å². The van der Waals surface area contributed by atoms with E-state index in [1.165, 1.54) is 10.7 Å². The predicted octanol–water partition coefficient (Wildman–Crippen LogP) is 3.25. The molecule has 1 saturated carbocycles. The maximum absolute atomic E-state index is 13.0. The number of hydrogen-bond acceptors (Lipinski definition) is 3. The second-order valence-electron chi connectivity index (χ2n) is 7.32. The third kappa shape index (κ3) is 4.75. The van der Waals surface area contributed by atoms with Crippen LogP contribution in [0.2, 0.25) is 0 Å². The fraction of sp³-hybridized carbons (Fsp3) is 0.632. The Morgan fingerprint density at radius 3 is 2.08 bits per heavy atom. The Bertz CT molecular complexity index is 704. The molecule has 1 fully saturated rings. The van der Waals surface area contributed by atoms with Crippen molar-refractivity contribution < 1.29 is 13.2 Å². The molecule has 2 rings (SSSR count). The van der Waals surface area contributed by atoms with Gasteiger partial charge in [-0.05, 0) is 56.9 Å². The summed E-state index contributed by atoms with van der Waals surface area (Å²) < 4.78 is 26.2. The SMILES string of the molecule is Cc1cc(C)cc(N([C@@H](C)C(=O)N(C)C2CCCCC2)S(C)(=O)=O)c1. The molecule has 140 valence electrons. The van der Waals surface area contributed by atoms with Gasteiger partial charge in [0.15, 0.2) is 0 Å². The van der Waals surface area contributed by atoms with E-state index in [9.17, 15) is 13.2 Å². The highest BCUT2D eigenvalue weighted by Crippen LogP contribution is 2.27. The van der Waals surface area contributed by atoms with Gasteiger partial charge in [-0.15, -0.1) is 0 Å². The van der Waals surface area contributed by atoms with Gasteiger partial charge in [0.05, 0.1) is 11.9 Å². The van der Waals surface area contributed by atoms with Crippen LogP contribution in [0.4, 0.5) is 5.69 Å². The molecule has 0 saturated heterocycles. The van der Waals surface area contributed by atoms with Gasteiger partial charge >= 0.3 is 0 Å². The van der Waals surface area contributed by atoms with Crippen molar-refractivity contribution in [1.82, 2.24) is 4.90 Å². The predicted molar refractivity (Wildman–Crippen MR) is 102 cm³/mol. The molecule has 6 heteroatoms. The summed E-state index contributed by atoms with van der Waals surface area (Å²) in [6, 6.07) is 5.08. The number of nitrogens with zero attached hydrogens (tertiary/aromatic N) is 2. The number of sulfonamides is 1. The van der Waals surface area contributed by atoms with Gasteiger partial charge in [0, 0.05) is 13.1 Å². The second kappa shape index (κ2) is 7.77. The molecule has 0 aliphatic heterocycles. The zero-order valence-corrected chi connectivity index (χ0v) is 16.8. The van der Waals surface area contributed by atoms with Crippen molar-refractivity contribution in [3.63, 3.8) is 0 Å². The molecule has 1 aliphatic rings. The van der Waals surface area contributed by atoms with Crippen LogP contribution < -0.4 is 4.31 Å². The van der Waals surface area contributed by atoms with Crippen molar-refractivity contribution in [2.75, 3.05) is 17.6 Å². The number of aryl methyl sites for hydroxylation is 2. The van der Waals surface area contributed by atoms with Gasteiger partial charge in [-0.1, -0.05) is 25.3 Å². The number of rotatable bonds is 5. The van der Waals surface area contributed by atoms with Crippen LogP contribution in [0.3, 0.4) is 0 Å². The largest absolute Gasteiger partial charge is 0.341 e. The number of anilines is 1. The maximum atomic E-state index is 13.0. The summed E-state index contributed by atoms with van der Waals surface area (Å²) in [5, 5.41) is 0. The fourth-order valence-corrected chi connectivity index (χ4v) is 4.98. The molecule has 1 amide bonds. The normalized spacial score (nSPS) is 17.2. The van der Waals surface area contributed by atoms with Crippen molar-refractivity contribution in [1.29, 1.82) is 0 Å². The first kappa shape index (κ1) is 19.8. The van der Waals surface area contributed by atoms with Crippen LogP contribution in [0.5, 0.6) is 0 Å². The van der Waals surface area contributed by atoms with Gasteiger partial charge in [0.1, 0.15) is 6.04 Å². The number of carbonyl (C=O) groups excluding carboxylic acids is 1. The van der Waals surface area contributed by atoms with Crippen molar-refractivity contribution in [2.24, 2.45) is 0 Å². The Hall–Kier alpha value is -1.56. The third-order valence-corrected chi connectivity index (χ3v) is 6.24. The number of carbonyl (C=O) groups is 1. The van der Waals surface area contributed by atoms with Gasteiger partial charge < -0.3 is 4.90 Å². The summed E-state index contributed by atoms with van der Waals surface area (Å²) in [5.41, 5.74) is 2.51. The second-order valence-corrected chi connectivity index (χ2v) is 9.18. The quantitative estimate of drug-likeness (QED) is 0.804. The molecule has 1 aromatic carbocycles. The first-order chi connectivity index (χ1) is 11.6. The van der Waals surface area contributed by atoms with Crippen LogP contribution in [0.15, 0.2) is 18.2 Å². The van der Waals surface area contributed by atoms with E-state index in [4.69, 9.17) is 0 Å². The summed E-state index contributed by atoms with van der Waals surface area (Å²) >= 11 is 0. The molecule has 1 atom stereocenters. The van der Waals surface area contributed by atoms with E-state index in [-0.39, 0.29) is 11.9 Å². The molecule has 0 unspecified atom stereocenters. The third-order valence-electron chi connectivity index (χ3n) is 5.00. The Kier molecular flexibility index (Phi) is 6.14. The zero-order chi connectivity index (χ0) is 18.8. The summed E-state index contributed by atoms with van der Waals surface area (Å²) in [6.07, 6.45) is 6.63. The number of hydrogen-bond donors (Lipinski definition) is 0.